The average molecular weight is 335 g/mol. The Morgan fingerprint density at radius 3 is 3.09 bits per heavy atom. The Morgan fingerprint density at radius 2 is 2.32 bits per heavy atom. The van der Waals surface area contributed by atoms with Crippen LogP contribution in [0.5, 0.6) is 0 Å². The minimum atomic E-state index is 0.0366. The summed E-state index contributed by atoms with van der Waals surface area (Å²) in [6.07, 6.45) is 1.13. The topological polar surface area (TPSA) is 32.3 Å². The Bertz CT molecular complexity index is 629. The highest BCUT2D eigenvalue weighted by atomic mass is 35.5. The van der Waals surface area contributed by atoms with Crippen molar-refractivity contribution in [3.05, 3.63) is 57.2 Å². The zero-order valence-corrected chi connectivity index (χ0v) is 13.9. The third-order valence-electron chi connectivity index (χ3n) is 4.00. The van der Waals surface area contributed by atoms with Gasteiger partial charge in [0, 0.05) is 35.6 Å². The molecule has 22 heavy (non-hydrogen) atoms. The lowest BCUT2D eigenvalue weighted by molar-refractivity contribution is 0.0947. The lowest BCUT2D eigenvalue weighted by atomic mass is 10.1. The van der Waals surface area contributed by atoms with E-state index in [-0.39, 0.29) is 5.91 Å². The molecule has 2 aromatic rings. The number of carbonyl (C=O) groups excluding carboxylic acids is 1. The Balaban J connectivity index is 1.45. The number of likely N-dealkylation sites (tertiary alicyclic amines) is 1. The third kappa shape index (κ3) is 4.09. The fraction of sp³-hybridized carbons (Fsp3) is 0.353. The molecule has 0 spiro atoms. The lowest BCUT2D eigenvalue weighted by Gasteiger charge is -2.16. The Kier molecular flexibility index (Phi) is 5.13. The van der Waals surface area contributed by atoms with Gasteiger partial charge in [0.15, 0.2) is 0 Å². The van der Waals surface area contributed by atoms with Gasteiger partial charge >= 0.3 is 0 Å². The monoisotopic (exact) mass is 334 g/mol. The highest BCUT2D eigenvalue weighted by Crippen LogP contribution is 2.20. The summed E-state index contributed by atoms with van der Waals surface area (Å²) in [4.78, 5) is 14.4. The number of carbonyl (C=O) groups is 1. The second kappa shape index (κ2) is 7.27. The van der Waals surface area contributed by atoms with Crippen LogP contribution >= 0.6 is 22.9 Å². The molecule has 1 amide bonds. The first-order chi connectivity index (χ1) is 10.7. The van der Waals surface area contributed by atoms with Crippen LogP contribution < -0.4 is 5.32 Å². The zero-order chi connectivity index (χ0) is 15.4. The van der Waals surface area contributed by atoms with Gasteiger partial charge in [0.2, 0.25) is 0 Å². The third-order valence-corrected chi connectivity index (χ3v) is 4.92. The summed E-state index contributed by atoms with van der Waals surface area (Å²) in [5.74, 6) is 0.566. The molecular weight excluding hydrogens is 316 g/mol. The van der Waals surface area contributed by atoms with E-state index < -0.39 is 0 Å². The number of nitrogens with zero attached hydrogens (tertiary/aromatic N) is 1. The van der Waals surface area contributed by atoms with E-state index in [1.54, 1.807) is 11.3 Å². The first-order valence-corrected chi connectivity index (χ1v) is 8.80. The van der Waals surface area contributed by atoms with E-state index in [4.69, 9.17) is 11.6 Å². The highest BCUT2D eigenvalue weighted by Gasteiger charge is 2.23. The number of rotatable bonds is 5. The maximum Gasteiger partial charge on any atom is 0.252 e. The Labute approximate surface area is 139 Å². The van der Waals surface area contributed by atoms with E-state index in [1.807, 2.05) is 35.0 Å². The fourth-order valence-corrected chi connectivity index (χ4v) is 3.70. The number of benzene rings is 1. The summed E-state index contributed by atoms with van der Waals surface area (Å²) >= 11 is 7.58. The maximum absolute atomic E-state index is 11.9. The van der Waals surface area contributed by atoms with Gasteiger partial charge in [-0.25, -0.2) is 0 Å². The number of hydrogen-bond acceptors (Lipinski definition) is 3. The second-order valence-electron chi connectivity index (χ2n) is 5.74. The van der Waals surface area contributed by atoms with Crippen molar-refractivity contribution in [1.29, 1.82) is 0 Å². The standard InChI is InChI=1S/C17H19ClN2OS/c18-16-3-1-2-13(8-16)10-20-6-4-14(11-20)9-19-17(21)15-5-7-22-12-15/h1-3,5,7-8,12,14H,4,6,9-11H2,(H,19,21)/t14-/m0/s1. The molecule has 0 radical (unpaired) electrons. The number of thiophene rings is 1. The van der Waals surface area contributed by atoms with Crippen molar-refractivity contribution >= 4 is 28.8 Å². The highest BCUT2D eigenvalue weighted by molar-refractivity contribution is 7.08. The van der Waals surface area contributed by atoms with Crippen LogP contribution in [0, 0.1) is 5.92 Å². The number of hydrogen-bond donors (Lipinski definition) is 1. The van der Waals surface area contributed by atoms with Crippen molar-refractivity contribution in [3.8, 4) is 0 Å². The number of nitrogens with one attached hydrogen (secondary N) is 1. The number of amides is 1. The molecule has 1 fully saturated rings. The summed E-state index contributed by atoms with van der Waals surface area (Å²) in [5, 5.41) is 7.64. The van der Waals surface area contributed by atoms with Crippen molar-refractivity contribution in [1.82, 2.24) is 10.2 Å². The maximum atomic E-state index is 11.9. The summed E-state index contributed by atoms with van der Waals surface area (Å²) in [7, 11) is 0. The zero-order valence-electron chi connectivity index (χ0n) is 12.3. The first kappa shape index (κ1) is 15.5. The van der Waals surface area contributed by atoms with Gasteiger partial charge in [0.25, 0.3) is 5.91 Å². The Hall–Kier alpha value is -1.36. The summed E-state index contributed by atoms with van der Waals surface area (Å²) < 4.78 is 0. The van der Waals surface area contributed by atoms with Gasteiger partial charge in [-0.2, -0.15) is 11.3 Å². The van der Waals surface area contributed by atoms with Crippen LogP contribution in [0.25, 0.3) is 0 Å². The fourth-order valence-electron chi connectivity index (χ4n) is 2.85. The normalized spacial score (nSPS) is 18.5. The van der Waals surface area contributed by atoms with Crippen molar-refractivity contribution in [2.24, 2.45) is 5.92 Å². The molecule has 1 aliphatic rings. The van der Waals surface area contributed by atoms with Crippen LogP contribution in [0.3, 0.4) is 0 Å². The van der Waals surface area contributed by atoms with Gasteiger partial charge in [0.05, 0.1) is 0 Å². The number of halogens is 1. The van der Waals surface area contributed by atoms with Crippen LogP contribution in [0.1, 0.15) is 22.3 Å². The van der Waals surface area contributed by atoms with E-state index in [0.717, 1.165) is 43.2 Å². The summed E-state index contributed by atoms with van der Waals surface area (Å²) in [5.41, 5.74) is 2.01. The second-order valence-corrected chi connectivity index (χ2v) is 6.96. The van der Waals surface area contributed by atoms with Crippen molar-refractivity contribution in [2.75, 3.05) is 19.6 Å². The molecule has 0 aliphatic carbocycles. The van der Waals surface area contributed by atoms with E-state index >= 15 is 0 Å². The molecule has 3 nitrogen and oxygen atoms in total. The van der Waals surface area contributed by atoms with E-state index in [0.29, 0.717) is 5.92 Å². The van der Waals surface area contributed by atoms with Crippen LogP contribution in [0.2, 0.25) is 5.02 Å². The van der Waals surface area contributed by atoms with Crippen molar-refractivity contribution in [3.63, 3.8) is 0 Å². The SMILES string of the molecule is O=C(NC[C@@H]1CCN(Cc2cccc(Cl)c2)C1)c1ccsc1. The summed E-state index contributed by atoms with van der Waals surface area (Å²) in [6, 6.07) is 9.88. The van der Waals surface area contributed by atoms with Crippen LogP contribution in [-0.4, -0.2) is 30.4 Å². The molecule has 1 aromatic carbocycles. The molecule has 1 saturated heterocycles. The van der Waals surface area contributed by atoms with Crippen LogP contribution in [0.4, 0.5) is 0 Å². The molecule has 0 saturated carbocycles. The predicted octanol–water partition coefficient (Wildman–Crippen LogP) is 3.65. The van der Waals surface area contributed by atoms with Crippen molar-refractivity contribution < 1.29 is 4.79 Å². The van der Waals surface area contributed by atoms with Gasteiger partial charge in [-0.15, -0.1) is 0 Å². The van der Waals surface area contributed by atoms with Gasteiger partial charge < -0.3 is 5.32 Å². The molecule has 1 atom stereocenters. The quantitative estimate of drug-likeness (QED) is 0.905. The molecule has 1 aliphatic heterocycles. The van der Waals surface area contributed by atoms with Crippen LogP contribution in [0.15, 0.2) is 41.1 Å². The summed E-state index contributed by atoms with van der Waals surface area (Å²) in [6.45, 7) is 3.78. The molecule has 2 heterocycles. The van der Waals surface area contributed by atoms with E-state index in [9.17, 15) is 4.79 Å². The molecule has 5 heteroatoms. The van der Waals surface area contributed by atoms with Gasteiger partial charge in [-0.1, -0.05) is 23.7 Å². The minimum absolute atomic E-state index is 0.0366. The molecule has 1 aromatic heterocycles. The average Bonchev–Trinajstić information content (AvgIpc) is 3.16. The van der Waals surface area contributed by atoms with Gasteiger partial charge in [-0.3, -0.25) is 9.69 Å². The largest absolute Gasteiger partial charge is 0.352 e. The molecule has 0 unspecified atom stereocenters. The smallest absolute Gasteiger partial charge is 0.252 e. The van der Waals surface area contributed by atoms with Crippen molar-refractivity contribution in [2.45, 2.75) is 13.0 Å². The minimum Gasteiger partial charge on any atom is -0.352 e. The first-order valence-electron chi connectivity index (χ1n) is 7.48. The van der Waals surface area contributed by atoms with Gasteiger partial charge in [-0.05, 0) is 48.0 Å². The molecule has 116 valence electrons. The van der Waals surface area contributed by atoms with E-state index in [1.165, 1.54) is 5.56 Å². The molecule has 0 bridgehead atoms. The molecular formula is C17H19ClN2OS. The van der Waals surface area contributed by atoms with E-state index in [2.05, 4.69) is 16.3 Å². The van der Waals surface area contributed by atoms with Crippen LogP contribution in [-0.2, 0) is 6.54 Å². The predicted molar refractivity (Wildman–Crippen MR) is 91.5 cm³/mol. The lowest BCUT2D eigenvalue weighted by Crippen LogP contribution is -2.30. The molecule has 1 N–H and O–H groups in total. The van der Waals surface area contributed by atoms with Gasteiger partial charge in [0.1, 0.15) is 0 Å². The Morgan fingerprint density at radius 1 is 1.41 bits per heavy atom. The molecule has 3 rings (SSSR count).